The third-order valence-corrected chi connectivity index (χ3v) is 6.22. The second kappa shape index (κ2) is 23.9. The molecule has 9 heteroatoms. The third kappa shape index (κ3) is 23.0. The van der Waals surface area contributed by atoms with Crippen molar-refractivity contribution in [2.75, 3.05) is 13.2 Å². The van der Waals surface area contributed by atoms with E-state index in [1.165, 1.54) is 72.1 Å². The highest BCUT2D eigenvalue weighted by molar-refractivity contribution is 5.71. The molecule has 0 aromatic carbocycles. The van der Waals surface area contributed by atoms with Crippen LogP contribution in [0.1, 0.15) is 130 Å². The quantitative estimate of drug-likeness (QED) is 0.0941. The lowest BCUT2D eigenvalue weighted by Crippen LogP contribution is -2.30. The fraction of sp³-hybridized carbons (Fsp3) is 0.862. The summed E-state index contributed by atoms with van der Waals surface area (Å²) < 4.78 is 20.7. The first-order valence-electron chi connectivity index (χ1n) is 14.5. The topological polar surface area (TPSA) is 125 Å². The molecule has 0 radical (unpaired) electrons. The molecule has 0 bridgehead atoms. The first-order valence-corrected chi connectivity index (χ1v) is 14.5. The van der Waals surface area contributed by atoms with Crippen LogP contribution in [-0.2, 0) is 38.1 Å². The number of hydrogen-bond donors (Lipinski definition) is 1. The van der Waals surface area contributed by atoms with Gasteiger partial charge in [0.15, 0.2) is 6.10 Å². The molecule has 0 heterocycles. The average Bonchev–Trinajstić information content (AvgIpc) is 2.84. The van der Waals surface area contributed by atoms with Crippen molar-refractivity contribution in [1.82, 2.24) is 0 Å². The van der Waals surface area contributed by atoms with Crippen molar-refractivity contribution >= 4 is 23.9 Å². The highest BCUT2D eigenvalue weighted by Crippen LogP contribution is 2.19. The Hall–Kier alpha value is -2.16. The third-order valence-electron chi connectivity index (χ3n) is 6.22. The number of carbonyl (C=O) groups is 4. The molecule has 222 valence electrons. The zero-order chi connectivity index (χ0) is 28.6. The second-order valence-electron chi connectivity index (χ2n) is 10.0. The van der Waals surface area contributed by atoms with Crippen molar-refractivity contribution in [3.05, 3.63) is 0 Å². The molecular weight excluding hydrogens is 492 g/mol. The molecule has 0 saturated carbocycles. The first kappa shape index (κ1) is 35.8. The van der Waals surface area contributed by atoms with Gasteiger partial charge >= 0.3 is 23.9 Å². The Labute approximate surface area is 229 Å². The summed E-state index contributed by atoms with van der Waals surface area (Å²) in [6.45, 7) is 5.42. The predicted molar refractivity (Wildman–Crippen MR) is 144 cm³/mol. The van der Waals surface area contributed by atoms with E-state index in [-0.39, 0.29) is 25.1 Å². The van der Waals surface area contributed by atoms with E-state index in [1.54, 1.807) is 0 Å². The van der Waals surface area contributed by atoms with Gasteiger partial charge in [-0.25, -0.2) is 0 Å². The first-order chi connectivity index (χ1) is 18.2. The van der Waals surface area contributed by atoms with Gasteiger partial charge in [-0.1, -0.05) is 64.7 Å². The van der Waals surface area contributed by atoms with Crippen LogP contribution in [0.15, 0.2) is 0 Å². The number of hydrogen-bond acceptors (Lipinski definition) is 9. The van der Waals surface area contributed by atoms with Gasteiger partial charge in [0.25, 0.3) is 0 Å². The molecule has 0 aliphatic heterocycles. The van der Waals surface area contributed by atoms with E-state index in [9.17, 15) is 24.3 Å². The summed E-state index contributed by atoms with van der Waals surface area (Å²) in [5, 5.41) is 9.32. The van der Waals surface area contributed by atoms with Crippen molar-refractivity contribution in [3.8, 4) is 0 Å². The van der Waals surface area contributed by atoms with Crippen LogP contribution < -0.4 is 0 Å². The summed E-state index contributed by atoms with van der Waals surface area (Å²) in [5.74, 6) is -1.98. The fourth-order valence-electron chi connectivity index (χ4n) is 4.29. The highest BCUT2D eigenvalue weighted by atomic mass is 16.6. The summed E-state index contributed by atoms with van der Waals surface area (Å²) >= 11 is 0. The number of esters is 4. The van der Waals surface area contributed by atoms with Gasteiger partial charge in [-0.05, 0) is 38.5 Å². The number of rotatable bonds is 24. The fourth-order valence-corrected chi connectivity index (χ4v) is 4.29. The van der Waals surface area contributed by atoms with Gasteiger partial charge in [0.05, 0.1) is 13.0 Å². The maximum atomic E-state index is 12.3. The van der Waals surface area contributed by atoms with E-state index in [0.29, 0.717) is 19.3 Å². The molecule has 0 aliphatic carbocycles. The molecule has 0 aromatic rings. The monoisotopic (exact) mass is 544 g/mol. The van der Waals surface area contributed by atoms with E-state index < -0.39 is 36.7 Å². The lowest BCUT2D eigenvalue weighted by atomic mass is 10.0. The van der Waals surface area contributed by atoms with Crippen molar-refractivity contribution in [2.45, 2.75) is 149 Å². The standard InChI is InChI=1S/C29H52O9/c1-5-6-7-8-9-10-11-12-13-14-17-26(36-24(3)32)18-15-16-19-27(37-25(4)33)20-29(34)38-28(21-30)22-35-23(2)31/h26-28,30H,5-22H2,1-4H3. The Morgan fingerprint density at radius 3 is 1.50 bits per heavy atom. The zero-order valence-corrected chi connectivity index (χ0v) is 24.2. The number of ether oxygens (including phenoxy) is 4. The van der Waals surface area contributed by atoms with Crippen molar-refractivity contribution in [3.63, 3.8) is 0 Å². The Balaban J connectivity index is 4.37. The van der Waals surface area contributed by atoms with Gasteiger partial charge in [0.2, 0.25) is 0 Å². The Morgan fingerprint density at radius 1 is 0.579 bits per heavy atom. The maximum Gasteiger partial charge on any atom is 0.310 e. The SMILES string of the molecule is CCCCCCCCCCCCC(CCCCC(CC(=O)OC(CO)COC(C)=O)OC(C)=O)OC(C)=O. The molecular formula is C29H52O9. The summed E-state index contributed by atoms with van der Waals surface area (Å²) in [5.41, 5.74) is 0. The van der Waals surface area contributed by atoms with Crippen LogP contribution in [0.25, 0.3) is 0 Å². The van der Waals surface area contributed by atoms with Crippen LogP contribution in [0.5, 0.6) is 0 Å². The minimum Gasteiger partial charge on any atom is -0.463 e. The van der Waals surface area contributed by atoms with E-state index >= 15 is 0 Å². The van der Waals surface area contributed by atoms with Crippen LogP contribution in [0, 0.1) is 0 Å². The van der Waals surface area contributed by atoms with Gasteiger partial charge in [-0.2, -0.15) is 0 Å². The lowest BCUT2D eigenvalue weighted by Gasteiger charge is -2.20. The van der Waals surface area contributed by atoms with Crippen LogP contribution >= 0.6 is 0 Å². The van der Waals surface area contributed by atoms with Gasteiger partial charge in [0, 0.05) is 20.8 Å². The average molecular weight is 545 g/mol. The molecule has 0 amide bonds. The van der Waals surface area contributed by atoms with E-state index in [2.05, 4.69) is 6.92 Å². The molecule has 0 aliphatic rings. The van der Waals surface area contributed by atoms with Crippen molar-refractivity contribution in [1.29, 1.82) is 0 Å². The normalized spacial score (nSPS) is 13.3. The molecule has 38 heavy (non-hydrogen) atoms. The molecule has 0 aromatic heterocycles. The minimum atomic E-state index is -0.973. The smallest absolute Gasteiger partial charge is 0.310 e. The highest BCUT2D eigenvalue weighted by Gasteiger charge is 2.22. The lowest BCUT2D eigenvalue weighted by molar-refractivity contribution is -0.164. The predicted octanol–water partition coefficient (Wildman–Crippen LogP) is 5.58. The summed E-state index contributed by atoms with van der Waals surface area (Å²) in [4.78, 5) is 46.2. The van der Waals surface area contributed by atoms with E-state index in [0.717, 1.165) is 25.7 Å². The molecule has 9 nitrogen and oxygen atoms in total. The maximum absolute atomic E-state index is 12.3. The van der Waals surface area contributed by atoms with Crippen LogP contribution in [0.2, 0.25) is 0 Å². The second-order valence-corrected chi connectivity index (χ2v) is 10.0. The van der Waals surface area contributed by atoms with E-state index in [4.69, 9.17) is 18.9 Å². The molecule has 3 atom stereocenters. The number of carbonyl (C=O) groups excluding carboxylic acids is 4. The Morgan fingerprint density at radius 2 is 1.03 bits per heavy atom. The number of unbranched alkanes of at least 4 members (excludes halogenated alkanes) is 10. The van der Waals surface area contributed by atoms with Gasteiger partial charge < -0.3 is 24.1 Å². The van der Waals surface area contributed by atoms with Crippen LogP contribution in [-0.4, -0.2) is 60.5 Å². The van der Waals surface area contributed by atoms with E-state index in [1.807, 2.05) is 0 Å². The summed E-state index contributed by atoms with van der Waals surface area (Å²) in [6.07, 6.45) is 14.0. The van der Waals surface area contributed by atoms with Gasteiger partial charge in [-0.15, -0.1) is 0 Å². The van der Waals surface area contributed by atoms with Crippen LogP contribution in [0.4, 0.5) is 0 Å². The summed E-state index contributed by atoms with van der Waals surface area (Å²) in [6, 6.07) is 0. The molecule has 3 unspecified atom stereocenters. The van der Waals surface area contributed by atoms with Crippen molar-refractivity contribution < 1.29 is 43.2 Å². The molecule has 0 fully saturated rings. The molecule has 0 saturated heterocycles. The molecule has 0 rings (SSSR count). The Bertz CT molecular complexity index is 650. The number of aliphatic hydroxyl groups is 1. The number of aliphatic hydroxyl groups excluding tert-OH is 1. The van der Waals surface area contributed by atoms with Crippen molar-refractivity contribution in [2.24, 2.45) is 0 Å². The van der Waals surface area contributed by atoms with Gasteiger partial charge in [0.1, 0.15) is 18.8 Å². The van der Waals surface area contributed by atoms with Gasteiger partial charge in [-0.3, -0.25) is 19.2 Å². The minimum absolute atomic E-state index is 0.134. The molecule has 1 N–H and O–H groups in total. The zero-order valence-electron chi connectivity index (χ0n) is 24.2. The van der Waals surface area contributed by atoms with Crippen LogP contribution in [0.3, 0.4) is 0 Å². The Kier molecular flexibility index (Phi) is 22.6. The largest absolute Gasteiger partial charge is 0.463 e. The molecule has 0 spiro atoms. The summed E-state index contributed by atoms with van der Waals surface area (Å²) in [7, 11) is 0.